The van der Waals surface area contributed by atoms with E-state index in [2.05, 4.69) is 24.4 Å². The minimum atomic E-state index is -0.0589. The summed E-state index contributed by atoms with van der Waals surface area (Å²) in [7, 11) is 1.37. The predicted octanol–water partition coefficient (Wildman–Crippen LogP) is 3.41. The van der Waals surface area contributed by atoms with Gasteiger partial charge in [-0.3, -0.25) is 0 Å². The molecule has 0 bridgehead atoms. The van der Waals surface area contributed by atoms with Gasteiger partial charge in [0.1, 0.15) is 0 Å². The summed E-state index contributed by atoms with van der Waals surface area (Å²) in [6.07, 6.45) is 1.69. The van der Waals surface area contributed by atoms with Crippen molar-refractivity contribution in [1.82, 2.24) is 0 Å². The van der Waals surface area contributed by atoms with Crippen LogP contribution in [0.1, 0.15) is 24.2 Å². The maximum Gasteiger partial charge on any atom is -0.0215 e. The van der Waals surface area contributed by atoms with Crippen LogP contribution < -0.4 is 9.97 Å². The number of benzene rings is 2. The molecule has 0 saturated carbocycles. The van der Waals surface area contributed by atoms with Crippen molar-refractivity contribution in [3.05, 3.63) is 35.9 Å². The third-order valence-electron chi connectivity index (χ3n) is 2.66. The van der Waals surface area contributed by atoms with Gasteiger partial charge in [-0.05, 0) is 6.26 Å². The molecule has 3 nitrogen and oxygen atoms in total. The molecule has 104 valence electrons. The number of nitrogens with one attached hydrogen (secondary N) is 1. The summed E-state index contributed by atoms with van der Waals surface area (Å²) in [6, 6.07) is 9.34. The molecule has 0 saturated heterocycles. The average Bonchev–Trinajstić information content (AvgIpc) is 2.82. The van der Waals surface area contributed by atoms with E-state index in [4.69, 9.17) is 4.65 Å². The van der Waals surface area contributed by atoms with Gasteiger partial charge in [-0.25, -0.2) is 0 Å². The molecule has 1 N–H and O–H groups in total. The van der Waals surface area contributed by atoms with E-state index in [-0.39, 0.29) is 5.91 Å². The van der Waals surface area contributed by atoms with Gasteiger partial charge in [-0.2, -0.15) is 12.6 Å². The van der Waals surface area contributed by atoms with Crippen molar-refractivity contribution < 1.29 is 9.45 Å². The summed E-state index contributed by atoms with van der Waals surface area (Å²) in [4.78, 5) is 11.6. The molecule has 1 aliphatic heterocycles. The van der Waals surface area contributed by atoms with Gasteiger partial charge < -0.3 is 0 Å². The first-order valence-electron chi connectivity index (χ1n) is 6.40. The minimum absolute atomic E-state index is 0.0589. The van der Waals surface area contributed by atoms with Crippen LogP contribution in [0.3, 0.4) is 0 Å². The Morgan fingerprint density at radius 3 is 2.60 bits per heavy atom. The monoisotopic (exact) mass is 287 g/mol. The summed E-state index contributed by atoms with van der Waals surface area (Å²) < 4.78 is 5.23. The zero-order chi connectivity index (χ0) is 15.1. The Morgan fingerprint density at radius 2 is 1.95 bits per heavy atom. The van der Waals surface area contributed by atoms with Crippen molar-refractivity contribution >= 4 is 48.6 Å². The van der Waals surface area contributed by atoms with Crippen LogP contribution >= 0.6 is 12.6 Å². The predicted molar refractivity (Wildman–Crippen MR) is 91.7 cm³/mol. The third-order valence-corrected chi connectivity index (χ3v) is 2.66. The first kappa shape index (κ1) is 16.3. The summed E-state index contributed by atoms with van der Waals surface area (Å²) in [6.45, 7) is 7.51. The number of amides is 1. The van der Waals surface area contributed by atoms with E-state index in [0.717, 1.165) is 22.0 Å². The van der Waals surface area contributed by atoms with Crippen molar-refractivity contribution in [1.29, 1.82) is 0 Å². The van der Waals surface area contributed by atoms with Gasteiger partial charge in [0.25, 0.3) is 0 Å². The standard InChI is InChI=1S/C12H8BNO2.C2H6.CH4S/c1-13-16-8-5-7-3-2-4-9-11(7)10(6-8)14-12(9)15;2*1-2/h2-6H,1H2,(H,14,15);1-2H3;2H,1H3. The molecule has 0 atom stereocenters. The van der Waals surface area contributed by atoms with Crippen molar-refractivity contribution in [2.75, 3.05) is 11.6 Å². The molecule has 1 heterocycles. The van der Waals surface area contributed by atoms with Crippen LogP contribution in [0.5, 0.6) is 5.75 Å². The van der Waals surface area contributed by atoms with Crippen LogP contribution in [0.4, 0.5) is 5.69 Å². The number of anilines is 1. The molecule has 0 spiro atoms. The number of rotatable bonds is 2. The second kappa shape index (κ2) is 7.75. The van der Waals surface area contributed by atoms with Crippen molar-refractivity contribution in [3.63, 3.8) is 0 Å². The maximum atomic E-state index is 11.6. The van der Waals surface area contributed by atoms with Crippen molar-refractivity contribution in [3.8, 4) is 5.75 Å². The zero-order valence-electron chi connectivity index (χ0n) is 11.9. The number of thiol groups is 1. The molecule has 0 radical (unpaired) electrons. The molecule has 2 aromatic carbocycles. The Kier molecular flexibility index (Phi) is 6.32. The molecule has 0 aromatic heterocycles. The molecular weight excluding hydrogens is 269 g/mol. The molecule has 20 heavy (non-hydrogen) atoms. The Labute approximate surface area is 125 Å². The SMILES string of the molecule is C=BOc1cc2c3c(cccc3c1)C(=O)N2.CC.CS. The largest absolute Gasteiger partial charge is 0.183 e. The van der Waals surface area contributed by atoms with E-state index in [0.29, 0.717) is 5.75 Å². The molecule has 5 heteroatoms. The van der Waals surface area contributed by atoms with E-state index in [1.165, 1.54) is 7.12 Å². The fourth-order valence-corrected chi connectivity index (χ4v) is 2.04. The van der Waals surface area contributed by atoms with Gasteiger partial charge in [0, 0.05) is 0 Å². The van der Waals surface area contributed by atoms with Gasteiger partial charge in [0.05, 0.1) is 0 Å². The first-order valence-corrected chi connectivity index (χ1v) is 7.29. The van der Waals surface area contributed by atoms with E-state index < -0.39 is 0 Å². The van der Waals surface area contributed by atoms with Crippen LogP contribution in [-0.2, 0) is 0 Å². The van der Waals surface area contributed by atoms with E-state index >= 15 is 0 Å². The Morgan fingerprint density at radius 1 is 1.25 bits per heavy atom. The van der Waals surface area contributed by atoms with Gasteiger partial charge in [-0.1, -0.05) is 13.8 Å². The molecule has 1 aliphatic rings. The van der Waals surface area contributed by atoms with Crippen molar-refractivity contribution in [2.24, 2.45) is 0 Å². The van der Waals surface area contributed by atoms with Crippen LogP contribution in [0.15, 0.2) is 30.3 Å². The fraction of sp³-hybridized carbons (Fsp3) is 0.200. The van der Waals surface area contributed by atoms with Gasteiger partial charge >= 0.3 is 92.4 Å². The Hall–Kier alpha value is -1.75. The van der Waals surface area contributed by atoms with Crippen molar-refractivity contribution in [2.45, 2.75) is 13.8 Å². The maximum absolute atomic E-state index is 11.6. The molecule has 0 aliphatic carbocycles. The summed E-state index contributed by atoms with van der Waals surface area (Å²) in [5.41, 5.74) is 1.52. The van der Waals surface area contributed by atoms with Crippen LogP contribution in [0.2, 0.25) is 0 Å². The molecular formula is C15H18BNO2S. The number of hydrogen-bond acceptors (Lipinski definition) is 3. The topological polar surface area (TPSA) is 38.3 Å². The van der Waals surface area contributed by atoms with Crippen LogP contribution in [-0.4, -0.2) is 25.8 Å². The van der Waals surface area contributed by atoms with Crippen LogP contribution in [0.25, 0.3) is 10.8 Å². The third kappa shape index (κ3) is 3.04. The number of hydrogen-bond donors (Lipinski definition) is 2. The van der Waals surface area contributed by atoms with E-state index in [1.54, 1.807) is 12.3 Å². The summed E-state index contributed by atoms with van der Waals surface area (Å²) in [5.74, 6) is 0.619. The van der Waals surface area contributed by atoms with Crippen LogP contribution in [0, 0.1) is 0 Å². The Balaban J connectivity index is 0.000000461. The molecule has 0 fully saturated rings. The minimum Gasteiger partial charge on any atom is -0.183 e. The summed E-state index contributed by atoms with van der Waals surface area (Å²) in [5, 5.41) is 4.77. The first-order chi connectivity index (χ1) is 9.79. The van der Waals surface area contributed by atoms with E-state index in [9.17, 15) is 4.79 Å². The quantitative estimate of drug-likeness (QED) is 0.656. The van der Waals surface area contributed by atoms with Gasteiger partial charge in [0.2, 0.25) is 0 Å². The van der Waals surface area contributed by atoms with Gasteiger partial charge in [0.15, 0.2) is 0 Å². The molecule has 1 amide bonds. The summed E-state index contributed by atoms with van der Waals surface area (Å²) >= 11 is 3.53. The second-order valence-electron chi connectivity index (χ2n) is 3.61. The molecule has 0 unspecified atom stereocenters. The second-order valence-corrected chi connectivity index (χ2v) is 3.61. The smallest absolute Gasteiger partial charge is 0.0215 e. The Bertz CT molecular complexity index is 629. The van der Waals surface area contributed by atoms with E-state index in [1.807, 2.05) is 38.1 Å². The fourth-order valence-electron chi connectivity index (χ4n) is 2.04. The normalized spacial score (nSPS) is 10.5. The van der Waals surface area contributed by atoms with Gasteiger partial charge in [-0.15, -0.1) is 0 Å². The molecule has 3 rings (SSSR count). The number of carbonyl (C=O) groups is 1. The molecule has 2 aromatic rings. The average molecular weight is 287 g/mol. The number of carbonyl (C=O) groups excluding carboxylic acids is 1. The zero-order valence-corrected chi connectivity index (χ0v) is 12.8.